The zero-order chi connectivity index (χ0) is 11.9. The molecule has 0 fully saturated rings. The minimum absolute atomic E-state index is 0.0519. The molecule has 1 aromatic carbocycles. The van der Waals surface area contributed by atoms with Crippen LogP contribution >= 0.6 is 11.6 Å². The van der Waals surface area contributed by atoms with Gasteiger partial charge >= 0.3 is 5.97 Å². The number of carboxylic acids is 1. The van der Waals surface area contributed by atoms with Gasteiger partial charge in [0.05, 0.1) is 5.02 Å². The molecule has 1 aromatic rings. The molecular formula is C9H4ClFO5. The Morgan fingerprint density at radius 2 is 2.12 bits per heavy atom. The van der Waals surface area contributed by atoms with Crippen molar-refractivity contribution in [1.29, 1.82) is 0 Å². The molecule has 0 amide bonds. The van der Waals surface area contributed by atoms with Crippen molar-refractivity contribution in [1.82, 2.24) is 0 Å². The van der Waals surface area contributed by atoms with Crippen LogP contribution in [0, 0.1) is 5.82 Å². The van der Waals surface area contributed by atoms with Crippen LogP contribution in [-0.2, 0) is 4.79 Å². The Morgan fingerprint density at radius 3 is 2.75 bits per heavy atom. The second-order valence-corrected chi connectivity index (χ2v) is 3.32. The van der Waals surface area contributed by atoms with E-state index < -0.39 is 28.2 Å². The van der Waals surface area contributed by atoms with Crippen molar-refractivity contribution >= 4 is 23.4 Å². The summed E-state index contributed by atoms with van der Waals surface area (Å²) >= 11 is 5.49. The molecule has 0 radical (unpaired) electrons. The van der Waals surface area contributed by atoms with Gasteiger partial charge in [0.25, 0.3) is 5.78 Å². The first-order valence-corrected chi connectivity index (χ1v) is 4.45. The van der Waals surface area contributed by atoms with Gasteiger partial charge in [0.15, 0.2) is 17.3 Å². The first-order chi connectivity index (χ1) is 7.52. The predicted molar refractivity (Wildman–Crippen MR) is 49.5 cm³/mol. The van der Waals surface area contributed by atoms with Crippen LogP contribution in [0.25, 0.3) is 0 Å². The molecule has 5 nitrogen and oxygen atoms in total. The minimum atomic E-state index is -1.79. The van der Waals surface area contributed by atoms with E-state index in [0.717, 1.165) is 6.07 Å². The van der Waals surface area contributed by atoms with E-state index in [-0.39, 0.29) is 18.3 Å². The number of ketones is 1. The maximum Gasteiger partial charge on any atom is 0.377 e. The summed E-state index contributed by atoms with van der Waals surface area (Å²) in [7, 11) is 0. The number of benzene rings is 1. The maximum atomic E-state index is 13.5. The van der Waals surface area contributed by atoms with E-state index in [0.29, 0.717) is 0 Å². The van der Waals surface area contributed by atoms with Gasteiger partial charge in [-0.25, -0.2) is 9.18 Å². The van der Waals surface area contributed by atoms with E-state index in [9.17, 15) is 14.0 Å². The summed E-state index contributed by atoms with van der Waals surface area (Å²) in [6, 6.07) is 1.12. The normalized spacial score (nSPS) is 12.6. The van der Waals surface area contributed by atoms with Crippen LogP contribution < -0.4 is 9.47 Å². The zero-order valence-corrected chi connectivity index (χ0v) is 8.38. The highest BCUT2D eigenvalue weighted by molar-refractivity contribution is 6.41. The SMILES string of the molecule is O=C(O)C(=O)c1c(F)c(Cl)cc2c1OCO2. The number of fused-ring (bicyclic) bond motifs is 1. The fraction of sp³-hybridized carbons (Fsp3) is 0.111. The Balaban J connectivity index is 2.68. The van der Waals surface area contributed by atoms with Crippen molar-refractivity contribution in [3.63, 3.8) is 0 Å². The third-order valence-electron chi connectivity index (χ3n) is 1.98. The number of carbonyl (C=O) groups is 2. The first-order valence-electron chi connectivity index (χ1n) is 4.07. The largest absolute Gasteiger partial charge is 0.475 e. The molecule has 0 bridgehead atoms. The van der Waals surface area contributed by atoms with Crippen molar-refractivity contribution in [3.05, 3.63) is 22.5 Å². The lowest BCUT2D eigenvalue weighted by atomic mass is 10.1. The van der Waals surface area contributed by atoms with Crippen LogP contribution in [0.15, 0.2) is 6.07 Å². The number of hydrogen-bond donors (Lipinski definition) is 1. The number of rotatable bonds is 2. The molecule has 1 aliphatic rings. The maximum absolute atomic E-state index is 13.5. The number of carbonyl (C=O) groups excluding carboxylic acids is 1. The van der Waals surface area contributed by atoms with Crippen molar-refractivity contribution in [3.8, 4) is 11.5 Å². The average Bonchev–Trinajstić information content (AvgIpc) is 2.66. The van der Waals surface area contributed by atoms with Gasteiger partial charge in [0.1, 0.15) is 5.56 Å². The second-order valence-electron chi connectivity index (χ2n) is 2.92. The van der Waals surface area contributed by atoms with Gasteiger partial charge in [0, 0.05) is 6.07 Å². The summed E-state index contributed by atoms with van der Waals surface area (Å²) in [5, 5.41) is 8.13. The van der Waals surface area contributed by atoms with Gasteiger partial charge < -0.3 is 14.6 Å². The summed E-state index contributed by atoms with van der Waals surface area (Å²) in [5.41, 5.74) is -0.715. The van der Waals surface area contributed by atoms with E-state index in [1.54, 1.807) is 0 Å². The Morgan fingerprint density at radius 1 is 1.44 bits per heavy atom. The zero-order valence-electron chi connectivity index (χ0n) is 7.62. The molecule has 1 N–H and O–H groups in total. The molecule has 0 saturated heterocycles. The van der Waals surface area contributed by atoms with Crippen LogP contribution in [0.4, 0.5) is 4.39 Å². The number of carboxylic acid groups (broad SMARTS) is 1. The van der Waals surface area contributed by atoms with Gasteiger partial charge in [0.2, 0.25) is 6.79 Å². The summed E-state index contributed by atoms with van der Waals surface area (Å²) in [5.74, 6) is -4.52. The molecular weight excluding hydrogens is 243 g/mol. The highest BCUT2D eigenvalue weighted by atomic mass is 35.5. The molecule has 0 unspecified atom stereocenters. The molecule has 0 aliphatic carbocycles. The van der Waals surface area contributed by atoms with E-state index in [4.69, 9.17) is 26.2 Å². The summed E-state index contributed by atoms with van der Waals surface area (Å²) in [4.78, 5) is 21.8. The summed E-state index contributed by atoms with van der Waals surface area (Å²) in [6.07, 6.45) is 0. The van der Waals surface area contributed by atoms with Crippen molar-refractivity contribution in [2.45, 2.75) is 0 Å². The van der Waals surface area contributed by atoms with Crippen LogP contribution in [0.1, 0.15) is 10.4 Å². The number of hydrogen-bond acceptors (Lipinski definition) is 4. The molecule has 0 spiro atoms. The van der Waals surface area contributed by atoms with E-state index in [1.165, 1.54) is 0 Å². The van der Waals surface area contributed by atoms with Crippen LogP contribution in [0.5, 0.6) is 11.5 Å². The number of ether oxygens (including phenoxy) is 2. The van der Waals surface area contributed by atoms with Crippen molar-refractivity contribution in [2.75, 3.05) is 6.79 Å². The predicted octanol–water partition coefficient (Wildman–Crippen LogP) is 1.48. The Bertz CT molecular complexity index is 499. The van der Waals surface area contributed by atoms with Gasteiger partial charge in [-0.3, -0.25) is 4.79 Å². The lowest BCUT2D eigenvalue weighted by Gasteiger charge is -2.05. The van der Waals surface area contributed by atoms with Gasteiger partial charge in [-0.15, -0.1) is 0 Å². The summed E-state index contributed by atoms with van der Waals surface area (Å²) in [6.45, 7) is -0.213. The molecule has 1 aliphatic heterocycles. The highest BCUT2D eigenvalue weighted by Crippen LogP contribution is 2.40. The van der Waals surface area contributed by atoms with Crippen molar-refractivity contribution in [2.24, 2.45) is 0 Å². The molecule has 0 aromatic heterocycles. The smallest absolute Gasteiger partial charge is 0.377 e. The third-order valence-corrected chi connectivity index (χ3v) is 2.25. The monoisotopic (exact) mass is 246 g/mol. The molecule has 7 heteroatoms. The Kier molecular flexibility index (Phi) is 2.43. The van der Waals surface area contributed by atoms with Crippen LogP contribution in [-0.4, -0.2) is 23.7 Å². The van der Waals surface area contributed by atoms with Crippen LogP contribution in [0.2, 0.25) is 5.02 Å². The van der Waals surface area contributed by atoms with E-state index >= 15 is 0 Å². The average molecular weight is 247 g/mol. The molecule has 16 heavy (non-hydrogen) atoms. The lowest BCUT2D eigenvalue weighted by molar-refractivity contribution is -0.131. The molecule has 84 valence electrons. The first kappa shape index (κ1) is 10.7. The van der Waals surface area contributed by atoms with Crippen LogP contribution in [0.3, 0.4) is 0 Å². The number of halogens is 2. The number of aliphatic carboxylic acids is 1. The molecule has 0 atom stereocenters. The Labute approximate surface area is 93.3 Å². The van der Waals surface area contributed by atoms with Gasteiger partial charge in [-0.1, -0.05) is 11.6 Å². The van der Waals surface area contributed by atoms with E-state index in [2.05, 4.69) is 0 Å². The Hall–Kier alpha value is -1.82. The summed E-state index contributed by atoms with van der Waals surface area (Å²) < 4.78 is 23.2. The van der Waals surface area contributed by atoms with Gasteiger partial charge in [-0.05, 0) is 0 Å². The highest BCUT2D eigenvalue weighted by Gasteiger charge is 2.31. The van der Waals surface area contributed by atoms with Crippen molar-refractivity contribution < 1.29 is 28.6 Å². The fourth-order valence-corrected chi connectivity index (χ4v) is 1.49. The fourth-order valence-electron chi connectivity index (χ4n) is 1.30. The third kappa shape index (κ3) is 1.47. The molecule has 1 heterocycles. The minimum Gasteiger partial charge on any atom is -0.475 e. The molecule has 2 rings (SSSR count). The van der Waals surface area contributed by atoms with Gasteiger partial charge in [-0.2, -0.15) is 0 Å². The quantitative estimate of drug-likeness (QED) is 0.632. The second kappa shape index (κ2) is 3.64. The van der Waals surface area contributed by atoms with E-state index in [1.807, 2.05) is 0 Å². The lowest BCUT2D eigenvalue weighted by Crippen LogP contribution is -2.15. The standard InChI is InChI=1S/C9H4ClFO5/c10-3-1-4-8(16-2-15-4)5(6(3)11)7(12)9(13)14/h1H,2H2,(H,13,14). The topological polar surface area (TPSA) is 72.8 Å². The molecule has 0 saturated carbocycles. The number of Topliss-reactive ketones (excluding diaryl/α,β-unsaturated/α-hetero) is 1.